The van der Waals surface area contributed by atoms with Gasteiger partial charge in [0, 0.05) is 6.92 Å². The fourth-order valence-corrected chi connectivity index (χ4v) is 0.262. The van der Waals surface area contributed by atoms with Gasteiger partial charge in [-0.2, -0.15) is 0 Å². The molecule has 0 saturated carbocycles. The van der Waals surface area contributed by atoms with Crippen LogP contribution in [0.1, 0.15) is 6.92 Å². The van der Waals surface area contributed by atoms with Crippen LogP contribution in [0, 0.1) is 0 Å². The van der Waals surface area contributed by atoms with Crippen molar-refractivity contribution in [3.05, 3.63) is 0 Å². The summed E-state index contributed by atoms with van der Waals surface area (Å²) < 4.78 is 3.81. The molecule has 3 N–H and O–H groups in total. The summed E-state index contributed by atoms with van der Waals surface area (Å²) in [6.45, 7) is -0.0383. The molecule has 0 bridgehead atoms. The van der Waals surface area contributed by atoms with E-state index in [2.05, 4.69) is 4.74 Å². The van der Waals surface area contributed by atoms with E-state index in [1.807, 2.05) is 0 Å². The van der Waals surface area contributed by atoms with E-state index in [0.29, 0.717) is 0 Å². The maximum absolute atomic E-state index is 9.96. The zero-order valence-corrected chi connectivity index (χ0v) is 4.87. The van der Waals surface area contributed by atoms with Crippen LogP contribution in [0.25, 0.3) is 0 Å². The van der Waals surface area contributed by atoms with E-state index in [1.165, 1.54) is 0 Å². The molecule has 0 heterocycles. The number of aliphatic hydroxyl groups excluding tert-OH is 1. The number of carbonyl (C=O) groups is 1. The van der Waals surface area contributed by atoms with Crippen LogP contribution in [0.2, 0.25) is 0 Å². The van der Waals surface area contributed by atoms with Gasteiger partial charge in [0.25, 0.3) is 0 Å². The minimum Gasteiger partial charge on any atom is -0.406 e. The van der Waals surface area contributed by atoms with Crippen molar-refractivity contribution in [2.45, 2.75) is 12.9 Å². The van der Waals surface area contributed by atoms with E-state index in [0.717, 1.165) is 6.92 Å². The summed E-state index contributed by atoms with van der Waals surface area (Å²) in [5, 5.41) is 24.8. The van der Waals surface area contributed by atoms with Crippen LogP contribution in [0.5, 0.6) is 0 Å². The summed E-state index contributed by atoms with van der Waals surface area (Å²) in [5.74, 6) is -3.60. The Morgan fingerprint density at radius 1 is 1.67 bits per heavy atom. The average Bonchev–Trinajstić information content (AvgIpc) is 1.63. The number of carbonyl (C=O) groups excluding carboxylic acids is 1. The Bertz CT molecular complexity index is 108. The van der Waals surface area contributed by atoms with Gasteiger partial charge in [-0.25, -0.2) is 0 Å². The normalized spacial score (nSPS) is 11.1. The first-order valence-corrected chi connectivity index (χ1v) is 2.23. The smallest absolute Gasteiger partial charge is 0.348 e. The zero-order valence-electron chi connectivity index (χ0n) is 4.87. The molecule has 0 aliphatic carbocycles. The third-order valence-electron chi connectivity index (χ3n) is 0.513. The second-order valence-electron chi connectivity index (χ2n) is 1.49. The molecule has 0 radical (unpaired) electrons. The zero-order chi connectivity index (χ0) is 7.49. The second-order valence-corrected chi connectivity index (χ2v) is 1.49. The monoisotopic (exact) mass is 136 g/mol. The molecule has 0 fully saturated rings. The summed E-state index contributed by atoms with van der Waals surface area (Å²) >= 11 is 0. The molecule has 0 spiro atoms. The maximum atomic E-state index is 9.96. The molecule has 9 heavy (non-hydrogen) atoms. The topological polar surface area (TPSA) is 87.0 Å². The molecule has 0 aliphatic rings. The van der Waals surface area contributed by atoms with E-state index in [9.17, 15) is 4.79 Å². The van der Waals surface area contributed by atoms with Crippen LogP contribution in [0.4, 0.5) is 0 Å². The lowest BCUT2D eigenvalue weighted by Gasteiger charge is -2.16. The SMILES string of the molecule is CC(=O)OC(O)(O)CO. The Hall–Kier alpha value is -0.650. The number of rotatable bonds is 2. The van der Waals surface area contributed by atoms with Crippen molar-refractivity contribution in [1.82, 2.24) is 0 Å². The molecule has 0 rings (SSSR count). The van der Waals surface area contributed by atoms with E-state index in [4.69, 9.17) is 15.3 Å². The van der Waals surface area contributed by atoms with Gasteiger partial charge in [-0.05, 0) is 0 Å². The van der Waals surface area contributed by atoms with Gasteiger partial charge in [0.15, 0.2) is 0 Å². The van der Waals surface area contributed by atoms with Gasteiger partial charge < -0.3 is 20.1 Å². The average molecular weight is 136 g/mol. The molecule has 0 unspecified atom stereocenters. The fraction of sp³-hybridized carbons (Fsp3) is 0.750. The van der Waals surface area contributed by atoms with Gasteiger partial charge in [-0.15, -0.1) is 0 Å². The van der Waals surface area contributed by atoms with E-state index in [1.54, 1.807) is 0 Å². The van der Waals surface area contributed by atoms with Crippen molar-refractivity contribution in [1.29, 1.82) is 0 Å². The van der Waals surface area contributed by atoms with Crippen LogP contribution >= 0.6 is 0 Å². The second kappa shape index (κ2) is 2.77. The first kappa shape index (κ1) is 8.35. The third kappa shape index (κ3) is 3.89. The first-order chi connectivity index (χ1) is 3.98. The molecule has 0 saturated heterocycles. The fourth-order valence-electron chi connectivity index (χ4n) is 0.262. The lowest BCUT2D eigenvalue weighted by Crippen LogP contribution is -2.37. The number of hydrogen-bond donors (Lipinski definition) is 3. The van der Waals surface area contributed by atoms with Crippen LogP contribution in [0.3, 0.4) is 0 Å². The van der Waals surface area contributed by atoms with Crippen molar-refractivity contribution < 1.29 is 24.9 Å². The number of esters is 1. The molecule has 0 atom stereocenters. The van der Waals surface area contributed by atoms with Crippen LogP contribution < -0.4 is 0 Å². The minimum absolute atomic E-state index is 0.867. The van der Waals surface area contributed by atoms with Gasteiger partial charge in [0.1, 0.15) is 6.61 Å². The minimum atomic E-state index is -2.73. The Morgan fingerprint density at radius 3 is 2.22 bits per heavy atom. The van der Waals surface area contributed by atoms with Gasteiger partial charge in [-0.1, -0.05) is 0 Å². The molecule has 0 aromatic carbocycles. The van der Waals surface area contributed by atoms with Gasteiger partial charge >= 0.3 is 11.9 Å². The predicted octanol–water partition coefficient (Wildman–Crippen LogP) is -1.82. The molecule has 54 valence electrons. The van der Waals surface area contributed by atoms with E-state index >= 15 is 0 Å². The highest BCUT2D eigenvalue weighted by Gasteiger charge is 2.24. The molecular formula is C4H8O5. The van der Waals surface area contributed by atoms with Crippen LogP contribution in [0.15, 0.2) is 0 Å². The van der Waals surface area contributed by atoms with E-state index < -0.39 is 18.5 Å². The molecule has 0 aromatic heterocycles. The Kier molecular flexibility index (Phi) is 2.57. The molecule has 5 heteroatoms. The Balaban J connectivity index is 3.71. The van der Waals surface area contributed by atoms with Crippen molar-refractivity contribution in [2.24, 2.45) is 0 Å². The number of aliphatic hydroxyl groups is 3. The molecular weight excluding hydrogens is 128 g/mol. The van der Waals surface area contributed by atoms with E-state index in [-0.39, 0.29) is 0 Å². The summed E-state index contributed by atoms with van der Waals surface area (Å²) in [6.07, 6.45) is 0. The number of ether oxygens (including phenoxy) is 1. The predicted molar refractivity (Wildman–Crippen MR) is 26.0 cm³/mol. The lowest BCUT2D eigenvalue weighted by atomic mass is 10.6. The summed E-state index contributed by atoms with van der Waals surface area (Å²) in [4.78, 5) is 9.96. The van der Waals surface area contributed by atoms with Crippen molar-refractivity contribution >= 4 is 5.97 Å². The molecule has 0 aliphatic heterocycles. The highest BCUT2D eigenvalue weighted by atomic mass is 16.8. The van der Waals surface area contributed by atoms with Gasteiger partial charge in [0.2, 0.25) is 0 Å². The standard InChI is InChI=1S/C4H8O5/c1-3(6)9-4(7,8)2-5/h5,7-8H,2H2,1H3. The van der Waals surface area contributed by atoms with Crippen molar-refractivity contribution in [3.8, 4) is 0 Å². The largest absolute Gasteiger partial charge is 0.406 e. The summed E-state index contributed by atoms with van der Waals surface area (Å²) in [6, 6.07) is 0. The summed E-state index contributed by atoms with van der Waals surface area (Å²) in [7, 11) is 0. The molecule has 0 amide bonds. The lowest BCUT2D eigenvalue weighted by molar-refractivity contribution is -0.331. The quantitative estimate of drug-likeness (QED) is 0.307. The van der Waals surface area contributed by atoms with Gasteiger partial charge in [-0.3, -0.25) is 4.79 Å². The molecule has 0 aromatic rings. The highest BCUT2D eigenvalue weighted by Crippen LogP contribution is 1.98. The van der Waals surface area contributed by atoms with Crippen molar-refractivity contribution in [2.75, 3.05) is 6.61 Å². The maximum Gasteiger partial charge on any atom is 0.348 e. The van der Waals surface area contributed by atoms with Crippen molar-refractivity contribution in [3.63, 3.8) is 0 Å². The van der Waals surface area contributed by atoms with Gasteiger partial charge in [0.05, 0.1) is 0 Å². The molecule has 5 nitrogen and oxygen atoms in total. The Morgan fingerprint density at radius 2 is 2.11 bits per heavy atom. The Labute approximate surface area is 51.5 Å². The van der Waals surface area contributed by atoms with Crippen LogP contribution in [-0.2, 0) is 9.53 Å². The highest BCUT2D eigenvalue weighted by molar-refractivity contribution is 5.66. The first-order valence-electron chi connectivity index (χ1n) is 2.23. The summed E-state index contributed by atoms with van der Waals surface area (Å²) in [5.41, 5.74) is 0. The third-order valence-corrected chi connectivity index (χ3v) is 0.513. The number of hydrogen-bond acceptors (Lipinski definition) is 5. The van der Waals surface area contributed by atoms with Crippen LogP contribution in [-0.4, -0.2) is 33.9 Å².